The Bertz CT molecular complexity index is 492. The summed E-state index contributed by atoms with van der Waals surface area (Å²) in [7, 11) is 1.87. The summed E-state index contributed by atoms with van der Waals surface area (Å²) < 4.78 is 19.0. The number of hydrogen-bond donors (Lipinski definition) is 2. The zero-order chi connectivity index (χ0) is 16.5. The fourth-order valence-electron chi connectivity index (χ4n) is 2.79. The quantitative estimate of drug-likeness (QED) is 0.709. The first-order valence-electron chi connectivity index (χ1n) is 8.19. The summed E-state index contributed by atoms with van der Waals surface area (Å²) in [6, 6.07) is 6.59. The maximum absolute atomic E-state index is 13.6. The lowest BCUT2D eigenvalue weighted by molar-refractivity contribution is -0.121. The fraction of sp³-hybridized carbons (Fsp3) is 0.588. The molecule has 128 valence electrons. The second kappa shape index (κ2) is 9.60. The fourth-order valence-corrected chi connectivity index (χ4v) is 2.79. The van der Waals surface area contributed by atoms with E-state index in [-0.39, 0.29) is 17.8 Å². The molecule has 1 aromatic carbocycles. The van der Waals surface area contributed by atoms with E-state index in [9.17, 15) is 9.18 Å². The first-order valence-corrected chi connectivity index (χ1v) is 8.19. The molecular formula is C17H26FN3O2. The number of nitrogens with one attached hydrogen (secondary N) is 2. The highest BCUT2D eigenvalue weighted by molar-refractivity contribution is 5.75. The lowest BCUT2D eigenvalue weighted by Crippen LogP contribution is -2.43. The van der Waals surface area contributed by atoms with Gasteiger partial charge in [-0.15, -0.1) is 0 Å². The van der Waals surface area contributed by atoms with E-state index in [1.165, 1.54) is 6.07 Å². The van der Waals surface area contributed by atoms with Crippen molar-refractivity contribution in [2.45, 2.75) is 18.9 Å². The highest BCUT2D eigenvalue weighted by Gasteiger charge is 2.23. The third-order valence-electron chi connectivity index (χ3n) is 4.04. The predicted octanol–water partition coefficient (Wildman–Crippen LogP) is 1.31. The molecule has 1 heterocycles. The van der Waals surface area contributed by atoms with Gasteiger partial charge < -0.3 is 15.4 Å². The normalized spacial score (nSPS) is 17.0. The van der Waals surface area contributed by atoms with E-state index >= 15 is 0 Å². The van der Waals surface area contributed by atoms with E-state index in [0.717, 1.165) is 31.6 Å². The Hall–Kier alpha value is -1.50. The number of amides is 1. The predicted molar refractivity (Wildman–Crippen MR) is 87.7 cm³/mol. The van der Waals surface area contributed by atoms with Crippen LogP contribution in [0.15, 0.2) is 24.3 Å². The summed E-state index contributed by atoms with van der Waals surface area (Å²) in [5.74, 6) is -0.212. The number of nitrogens with zero attached hydrogens (tertiary/aromatic N) is 1. The van der Waals surface area contributed by atoms with Crippen molar-refractivity contribution in [3.8, 4) is 0 Å². The maximum Gasteiger partial charge on any atom is 0.220 e. The van der Waals surface area contributed by atoms with E-state index in [1.807, 2.05) is 13.1 Å². The Morgan fingerprint density at radius 1 is 1.39 bits per heavy atom. The van der Waals surface area contributed by atoms with Crippen LogP contribution in [0.1, 0.15) is 24.4 Å². The van der Waals surface area contributed by atoms with Gasteiger partial charge in [0.15, 0.2) is 0 Å². The molecule has 0 aliphatic carbocycles. The van der Waals surface area contributed by atoms with Crippen LogP contribution in [0.4, 0.5) is 4.39 Å². The standard InChI is InChI=1S/C17H26FN3O2/c1-19-7-3-6-17(22)20-13-16(21-8-10-23-11-9-21)14-4-2-5-15(18)12-14/h2,4-5,12,16,19H,3,6-11,13H2,1H3,(H,20,22). The Balaban J connectivity index is 1.97. The van der Waals surface area contributed by atoms with Crippen molar-refractivity contribution in [2.75, 3.05) is 46.4 Å². The third kappa shape index (κ3) is 5.89. The number of ether oxygens (including phenoxy) is 1. The molecule has 0 bridgehead atoms. The molecule has 0 saturated carbocycles. The molecule has 0 spiro atoms. The molecule has 1 aliphatic rings. The van der Waals surface area contributed by atoms with E-state index in [2.05, 4.69) is 15.5 Å². The molecule has 23 heavy (non-hydrogen) atoms. The minimum absolute atomic E-state index is 0.0251. The molecule has 2 rings (SSSR count). The van der Waals surface area contributed by atoms with Crippen LogP contribution in [-0.2, 0) is 9.53 Å². The molecule has 1 aromatic rings. The molecule has 6 heteroatoms. The Kier molecular flexibility index (Phi) is 7.45. The lowest BCUT2D eigenvalue weighted by Gasteiger charge is -2.35. The SMILES string of the molecule is CNCCCC(=O)NCC(c1cccc(F)c1)N1CCOCC1. The second-order valence-electron chi connectivity index (χ2n) is 5.73. The molecule has 0 radical (unpaired) electrons. The van der Waals surface area contributed by atoms with Crippen LogP contribution < -0.4 is 10.6 Å². The Morgan fingerprint density at radius 2 is 2.17 bits per heavy atom. The second-order valence-corrected chi connectivity index (χ2v) is 5.73. The van der Waals surface area contributed by atoms with Gasteiger partial charge in [0.25, 0.3) is 0 Å². The highest BCUT2D eigenvalue weighted by atomic mass is 19.1. The lowest BCUT2D eigenvalue weighted by atomic mass is 10.0. The van der Waals surface area contributed by atoms with Gasteiger partial charge in [0.05, 0.1) is 19.3 Å². The molecule has 1 atom stereocenters. The van der Waals surface area contributed by atoms with Crippen LogP contribution in [0.25, 0.3) is 0 Å². The molecule has 1 amide bonds. The van der Waals surface area contributed by atoms with Crippen LogP contribution in [0.2, 0.25) is 0 Å². The van der Waals surface area contributed by atoms with Crippen molar-refractivity contribution < 1.29 is 13.9 Å². The van der Waals surface area contributed by atoms with Crippen molar-refractivity contribution in [1.82, 2.24) is 15.5 Å². The first-order chi connectivity index (χ1) is 11.2. The number of halogens is 1. The third-order valence-corrected chi connectivity index (χ3v) is 4.04. The summed E-state index contributed by atoms with van der Waals surface area (Å²) in [6.07, 6.45) is 1.31. The van der Waals surface area contributed by atoms with Crippen LogP contribution in [0.3, 0.4) is 0 Å². The van der Waals surface area contributed by atoms with Crippen molar-refractivity contribution in [3.05, 3.63) is 35.6 Å². The van der Waals surface area contributed by atoms with Gasteiger partial charge in [-0.3, -0.25) is 9.69 Å². The van der Waals surface area contributed by atoms with Crippen LogP contribution in [0.5, 0.6) is 0 Å². The minimum atomic E-state index is -0.249. The summed E-state index contributed by atoms with van der Waals surface area (Å²) >= 11 is 0. The summed E-state index contributed by atoms with van der Waals surface area (Å²) in [4.78, 5) is 14.2. The molecule has 1 aliphatic heterocycles. The number of hydrogen-bond acceptors (Lipinski definition) is 4. The van der Waals surface area contributed by atoms with Gasteiger partial charge in [-0.1, -0.05) is 12.1 Å². The smallest absolute Gasteiger partial charge is 0.220 e. The number of benzene rings is 1. The van der Waals surface area contributed by atoms with Crippen LogP contribution in [0, 0.1) is 5.82 Å². The van der Waals surface area contributed by atoms with E-state index in [0.29, 0.717) is 26.2 Å². The zero-order valence-electron chi connectivity index (χ0n) is 13.7. The average molecular weight is 323 g/mol. The zero-order valence-corrected chi connectivity index (χ0v) is 13.7. The van der Waals surface area contributed by atoms with E-state index < -0.39 is 0 Å². The van der Waals surface area contributed by atoms with Gasteiger partial charge in [-0.05, 0) is 37.7 Å². The number of carbonyl (C=O) groups is 1. The van der Waals surface area contributed by atoms with E-state index in [4.69, 9.17) is 4.74 Å². The number of carbonyl (C=O) groups excluding carboxylic acids is 1. The number of rotatable bonds is 8. The minimum Gasteiger partial charge on any atom is -0.379 e. The van der Waals surface area contributed by atoms with Crippen LogP contribution in [-0.4, -0.2) is 57.2 Å². The molecule has 2 N–H and O–H groups in total. The van der Waals surface area contributed by atoms with Gasteiger partial charge in [0.1, 0.15) is 5.82 Å². The highest BCUT2D eigenvalue weighted by Crippen LogP contribution is 2.22. The molecular weight excluding hydrogens is 297 g/mol. The van der Waals surface area contributed by atoms with Gasteiger partial charge in [-0.25, -0.2) is 4.39 Å². The molecule has 1 unspecified atom stereocenters. The summed E-state index contributed by atoms with van der Waals surface area (Å²) in [5.41, 5.74) is 0.891. The monoisotopic (exact) mass is 323 g/mol. The Morgan fingerprint density at radius 3 is 2.87 bits per heavy atom. The summed E-state index contributed by atoms with van der Waals surface area (Å²) in [6.45, 7) is 4.23. The maximum atomic E-state index is 13.6. The number of morpholine rings is 1. The van der Waals surface area contributed by atoms with Crippen molar-refractivity contribution in [3.63, 3.8) is 0 Å². The molecule has 0 aromatic heterocycles. The largest absolute Gasteiger partial charge is 0.379 e. The molecule has 1 saturated heterocycles. The van der Waals surface area contributed by atoms with Crippen LogP contribution >= 0.6 is 0 Å². The summed E-state index contributed by atoms with van der Waals surface area (Å²) in [5, 5.41) is 6.01. The van der Waals surface area contributed by atoms with Gasteiger partial charge in [0.2, 0.25) is 5.91 Å². The topological polar surface area (TPSA) is 53.6 Å². The van der Waals surface area contributed by atoms with Gasteiger partial charge in [-0.2, -0.15) is 0 Å². The first kappa shape index (κ1) is 17.8. The van der Waals surface area contributed by atoms with Crippen molar-refractivity contribution in [1.29, 1.82) is 0 Å². The van der Waals surface area contributed by atoms with Crippen molar-refractivity contribution >= 4 is 5.91 Å². The van der Waals surface area contributed by atoms with Gasteiger partial charge in [0, 0.05) is 26.1 Å². The average Bonchev–Trinajstić information content (AvgIpc) is 2.56. The molecule has 1 fully saturated rings. The van der Waals surface area contributed by atoms with Crippen molar-refractivity contribution in [2.24, 2.45) is 0 Å². The van der Waals surface area contributed by atoms with Gasteiger partial charge >= 0.3 is 0 Å². The van der Waals surface area contributed by atoms with E-state index in [1.54, 1.807) is 12.1 Å². The molecule has 5 nitrogen and oxygen atoms in total. The Labute approximate surface area is 137 Å².